The number of halogens is 5. The zero-order chi connectivity index (χ0) is 21.8. The van der Waals surface area contributed by atoms with Crippen LogP contribution in [0.4, 0.5) is 23.4 Å². The molecular formula is C20H15ClF4N2O2S. The van der Waals surface area contributed by atoms with Crippen molar-refractivity contribution in [3.63, 3.8) is 0 Å². The number of benzene rings is 2. The zero-order valence-corrected chi connectivity index (χ0v) is 17.3. The van der Waals surface area contributed by atoms with E-state index in [9.17, 15) is 17.6 Å². The second-order valence-electron chi connectivity index (χ2n) is 5.92. The van der Waals surface area contributed by atoms with Crippen molar-refractivity contribution < 1.29 is 27.0 Å². The summed E-state index contributed by atoms with van der Waals surface area (Å²) in [5.74, 6) is -3.35. The molecule has 158 valence electrons. The van der Waals surface area contributed by atoms with Crippen LogP contribution in [-0.2, 0) is 6.54 Å². The van der Waals surface area contributed by atoms with Gasteiger partial charge < -0.3 is 9.47 Å². The van der Waals surface area contributed by atoms with Gasteiger partial charge in [-0.1, -0.05) is 17.7 Å². The standard InChI is InChI=1S/C20H15ClF4N2O2S/c1-28-12-7-6-11(15(8-12)29-2)10-27(17-5-3-4-16(24)26-17)30-20-14(23)9-13(22)18(21)19(20)25/h3-9H,10H2,1-2H3. The number of ether oxygens (including phenoxy) is 2. The maximum atomic E-state index is 14.5. The number of methoxy groups -OCH3 is 2. The molecular weight excluding hydrogens is 444 g/mol. The molecule has 0 aliphatic carbocycles. The van der Waals surface area contributed by atoms with Gasteiger partial charge in [0.1, 0.15) is 38.9 Å². The van der Waals surface area contributed by atoms with E-state index >= 15 is 0 Å². The SMILES string of the molecule is COc1ccc(CN(Sc2c(F)cc(F)c(Cl)c2F)c2cccc(F)n2)c(OC)c1. The predicted octanol–water partition coefficient (Wildman–Crippen LogP) is 6.02. The molecule has 0 spiro atoms. The van der Waals surface area contributed by atoms with E-state index in [1.807, 2.05) is 0 Å². The average Bonchev–Trinajstić information content (AvgIpc) is 2.74. The Balaban J connectivity index is 2.04. The second kappa shape index (κ2) is 9.44. The number of anilines is 1. The normalized spacial score (nSPS) is 10.8. The first-order chi connectivity index (χ1) is 14.3. The first-order valence-corrected chi connectivity index (χ1v) is 9.61. The second-order valence-corrected chi connectivity index (χ2v) is 7.33. The van der Waals surface area contributed by atoms with Crippen LogP contribution in [-0.4, -0.2) is 19.2 Å². The van der Waals surface area contributed by atoms with Gasteiger partial charge in [0.05, 0.1) is 20.8 Å². The molecule has 0 radical (unpaired) electrons. The lowest BCUT2D eigenvalue weighted by Crippen LogP contribution is -2.17. The third-order valence-corrected chi connectivity index (χ3v) is 5.48. The fourth-order valence-corrected chi connectivity index (χ4v) is 3.73. The molecule has 0 unspecified atom stereocenters. The van der Waals surface area contributed by atoms with Crippen LogP contribution in [0.3, 0.4) is 0 Å². The van der Waals surface area contributed by atoms with Crippen LogP contribution in [0.5, 0.6) is 11.5 Å². The highest BCUT2D eigenvalue weighted by Crippen LogP contribution is 2.38. The average molecular weight is 459 g/mol. The lowest BCUT2D eigenvalue weighted by atomic mass is 10.2. The highest BCUT2D eigenvalue weighted by Gasteiger charge is 2.23. The van der Waals surface area contributed by atoms with E-state index < -0.39 is 33.3 Å². The van der Waals surface area contributed by atoms with E-state index in [0.29, 0.717) is 35.1 Å². The minimum Gasteiger partial charge on any atom is -0.497 e. The Hall–Kier alpha value is -2.65. The minimum atomic E-state index is -1.26. The Morgan fingerprint density at radius 1 is 1.00 bits per heavy atom. The topological polar surface area (TPSA) is 34.6 Å². The fourth-order valence-electron chi connectivity index (χ4n) is 2.58. The van der Waals surface area contributed by atoms with Gasteiger partial charge in [0.2, 0.25) is 5.95 Å². The van der Waals surface area contributed by atoms with Crippen LogP contribution in [0.15, 0.2) is 47.4 Å². The van der Waals surface area contributed by atoms with Crippen molar-refractivity contribution in [2.24, 2.45) is 0 Å². The van der Waals surface area contributed by atoms with Crippen molar-refractivity contribution in [1.29, 1.82) is 0 Å². The molecule has 30 heavy (non-hydrogen) atoms. The van der Waals surface area contributed by atoms with E-state index in [-0.39, 0.29) is 12.4 Å². The highest BCUT2D eigenvalue weighted by atomic mass is 35.5. The fraction of sp³-hybridized carbons (Fsp3) is 0.150. The molecule has 3 aromatic rings. The molecule has 0 fully saturated rings. The van der Waals surface area contributed by atoms with Crippen LogP contribution >= 0.6 is 23.5 Å². The summed E-state index contributed by atoms with van der Waals surface area (Å²) in [6.07, 6.45) is 0. The smallest absolute Gasteiger partial charge is 0.214 e. The van der Waals surface area contributed by atoms with E-state index in [4.69, 9.17) is 21.1 Å². The number of nitrogens with zero attached hydrogens (tertiary/aromatic N) is 2. The molecule has 2 aromatic carbocycles. The first kappa shape index (κ1) is 22.0. The van der Waals surface area contributed by atoms with Gasteiger partial charge in [-0.3, -0.25) is 4.31 Å². The lowest BCUT2D eigenvalue weighted by molar-refractivity contribution is 0.391. The first-order valence-electron chi connectivity index (χ1n) is 8.46. The van der Waals surface area contributed by atoms with Gasteiger partial charge in [-0.2, -0.15) is 4.39 Å². The van der Waals surface area contributed by atoms with Crippen molar-refractivity contribution in [1.82, 2.24) is 4.98 Å². The minimum absolute atomic E-state index is 0.0160. The molecule has 0 saturated carbocycles. The van der Waals surface area contributed by atoms with Crippen molar-refractivity contribution in [3.05, 3.63) is 76.5 Å². The van der Waals surface area contributed by atoms with Crippen LogP contribution in [0.1, 0.15) is 5.56 Å². The highest BCUT2D eigenvalue weighted by molar-refractivity contribution is 8.00. The van der Waals surface area contributed by atoms with Gasteiger partial charge in [-0.05, 0) is 36.2 Å². The van der Waals surface area contributed by atoms with Crippen molar-refractivity contribution in [3.8, 4) is 11.5 Å². The summed E-state index contributed by atoms with van der Waals surface area (Å²) in [5, 5.41) is -0.840. The molecule has 3 rings (SSSR count). The van der Waals surface area contributed by atoms with Gasteiger partial charge in [0.25, 0.3) is 0 Å². The van der Waals surface area contributed by atoms with E-state index in [2.05, 4.69) is 4.98 Å². The Kier molecular flexibility index (Phi) is 6.94. The van der Waals surface area contributed by atoms with Crippen molar-refractivity contribution >= 4 is 29.4 Å². The monoisotopic (exact) mass is 458 g/mol. The maximum absolute atomic E-state index is 14.5. The Labute approximate surface area is 179 Å². The lowest BCUT2D eigenvalue weighted by Gasteiger charge is -2.24. The summed E-state index contributed by atoms with van der Waals surface area (Å²) in [5.41, 5.74) is 0.603. The maximum Gasteiger partial charge on any atom is 0.214 e. The number of hydrogen-bond acceptors (Lipinski definition) is 5. The molecule has 0 atom stereocenters. The summed E-state index contributed by atoms with van der Waals surface area (Å²) >= 11 is 6.16. The summed E-state index contributed by atoms with van der Waals surface area (Å²) in [6.45, 7) is 0.0160. The predicted molar refractivity (Wildman–Crippen MR) is 107 cm³/mol. The summed E-state index contributed by atoms with van der Waals surface area (Å²) < 4.78 is 67.9. The Bertz CT molecular complexity index is 1070. The number of aromatic nitrogens is 1. The quantitative estimate of drug-likeness (QED) is 0.142. The summed E-state index contributed by atoms with van der Waals surface area (Å²) in [7, 11) is 2.95. The Morgan fingerprint density at radius 3 is 2.43 bits per heavy atom. The number of pyridine rings is 1. The molecule has 4 nitrogen and oxygen atoms in total. The zero-order valence-electron chi connectivity index (χ0n) is 15.8. The number of rotatable bonds is 7. The number of hydrogen-bond donors (Lipinski definition) is 0. The molecule has 10 heteroatoms. The third kappa shape index (κ3) is 4.73. The van der Waals surface area contributed by atoms with E-state index in [0.717, 1.165) is 6.07 Å². The Morgan fingerprint density at radius 2 is 1.77 bits per heavy atom. The molecule has 0 amide bonds. The van der Waals surface area contributed by atoms with E-state index in [1.54, 1.807) is 18.2 Å². The molecule has 0 saturated heterocycles. The summed E-state index contributed by atoms with van der Waals surface area (Å²) in [4.78, 5) is 3.22. The van der Waals surface area contributed by atoms with Crippen LogP contribution < -0.4 is 13.8 Å². The largest absolute Gasteiger partial charge is 0.497 e. The molecule has 0 aliphatic rings. The van der Waals surface area contributed by atoms with Gasteiger partial charge >= 0.3 is 0 Å². The molecule has 0 N–H and O–H groups in total. The third-order valence-electron chi connectivity index (χ3n) is 4.04. The molecule has 0 bridgehead atoms. The van der Waals surface area contributed by atoms with Crippen molar-refractivity contribution in [2.45, 2.75) is 11.4 Å². The molecule has 1 aromatic heterocycles. The molecule has 1 heterocycles. The van der Waals surface area contributed by atoms with Crippen molar-refractivity contribution in [2.75, 3.05) is 18.5 Å². The van der Waals surface area contributed by atoms with Gasteiger partial charge in [0, 0.05) is 17.7 Å². The van der Waals surface area contributed by atoms with Gasteiger partial charge in [0.15, 0.2) is 5.82 Å². The molecule has 0 aliphatic heterocycles. The van der Waals surface area contributed by atoms with E-state index in [1.165, 1.54) is 30.7 Å². The van der Waals surface area contributed by atoms with Crippen LogP contribution in [0, 0.1) is 23.4 Å². The van der Waals surface area contributed by atoms with Gasteiger partial charge in [-0.15, -0.1) is 0 Å². The van der Waals surface area contributed by atoms with Crippen LogP contribution in [0.25, 0.3) is 0 Å². The van der Waals surface area contributed by atoms with Crippen LogP contribution in [0.2, 0.25) is 5.02 Å². The summed E-state index contributed by atoms with van der Waals surface area (Å²) in [6, 6.07) is 9.49. The van der Waals surface area contributed by atoms with Gasteiger partial charge in [-0.25, -0.2) is 18.2 Å².